The Balaban J connectivity index is 2.44. The van der Waals surface area contributed by atoms with Gasteiger partial charge in [0.15, 0.2) is 17.5 Å². The molecule has 22 heavy (non-hydrogen) atoms. The van der Waals surface area contributed by atoms with E-state index in [2.05, 4.69) is 15.0 Å². The van der Waals surface area contributed by atoms with Gasteiger partial charge in [0.05, 0.1) is 0 Å². The summed E-state index contributed by atoms with van der Waals surface area (Å²) in [6.45, 7) is 1.82. The molecule has 0 bridgehead atoms. The summed E-state index contributed by atoms with van der Waals surface area (Å²) in [6, 6.07) is 3.59. The molecule has 0 amide bonds. The monoisotopic (exact) mass is 419 g/mol. The fourth-order valence-corrected chi connectivity index (χ4v) is 1.93. The fourth-order valence-electron chi connectivity index (χ4n) is 1.42. The van der Waals surface area contributed by atoms with E-state index in [1.54, 1.807) is 12.1 Å². The van der Waals surface area contributed by atoms with Crippen LogP contribution >= 0.6 is 69.6 Å². The van der Waals surface area contributed by atoms with Crippen LogP contribution in [0.15, 0.2) is 16.5 Å². The van der Waals surface area contributed by atoms with Crippen molar-refractivity contribution in [2.24, 2.45) is 0 Å². The average molecular weight is 422 g/mol. The molecule has 0 atom stereocenters. The van der Waals surface area contributed by atoms with Gasteiger partial charge in [0, 0.05) is 0 Å². The highest BCUT2D eigenvalue weighted by Crippen LogP contribution is 2.39. The summed E-state index contributed by atoms with van der Waals surface area (Å²) < 4.78 is 1.63. The molecule has 118 valence electrons. The molecule has 0 saturated carbocycles. The summed E-state index contributed by atoms with van der Waals surface area (Å²) in [4.78, 5) is 11.9. The van der Waals surface area contributed by atoms with Gasteiger partial charge < -0.3 is 4.42 Å². The van der Waals surface area contributed by atoms with Gasteiger partial charge >= 0.3 is 0 Å². The molecular formula is C12H7Cl6N3O. The maximum atomic E-state index is 5.78. The second-order valence-corrected chi connectivity index (χ2v) is 8.68. The molecule has 0 aliphatic heterocycles. The van der Waals surface area contributed by atoms with Gasteiger partial charge in [0.2, 0.25) is 7.59 Å². The summed E-state index contributed by atoms with van der Waals surface area (Å²) in [7, 11) is 0. The van der Waals surface area contributed by atoms with Crippen molar-refractivity contribution in [1.29, 1.82) is 0 Å². The summed E-state index contributed by atoms with van der Waals surface area (Å²) in [6.07, 6.45) is 3.16. The third-order valence-electron chi connectivity index (χ3n) is 2.32. The van der Waals surface area contributed by atoms with Crippen molar-refractivity contribution < 1.29 is 4.42 Å². The molecule has 0 saturated heterocycles. The summed E-state index contributed by atoms with van der Waals surface area (Å²) in [5, 5.41) is 0. The Morgan fingerprint density at radius 2 is 1.41 bits per heavy atom. The predicted molar refractivity (Wildman–Crippen MR) is 90.7 cm³/mol. The number of aromatic nitrogens is 3. The lowest BCUT2D eigenvalue weighted by molar-refractivity contribution is 0.525. The zero-order valence-corrected chi connectivity index (χ0v) is 15.4. The van der Waals surface area contributed by atoms with Crippen LogP contribution in [-0.4, -0.2) is 15.0 Å². The zero-order chi connectivity index (χ0) is 16.5. The standard InChI is InChI=1S/C12H7Cl6N3O/c1-6-2-3-7(22-6)4-5-8-19-9(11(13,14)15)21-10(20-8)12(16,17)18/h2-5H,1H3/b5-4+. The van der Waals surface area contributed by atoms with Crippen LogP contribution in [0.2, 0.25) is 0 Å². The van der Waals surface area contributed by atoms with Gasteiger partial charge in [-0.3, -0.25) is 0 Å². The highest BCUT2D eigenvalue weighted by atomic mass is 35.6. The zero-order valence-electron chi connectivity index (χ0n) is 10.8. The van der Waals surface area contributed by atoms with Crippen LogP contribution < -0.4 is 0 Å². The molecule has 0 fully saturated rings. The van der Waals surface area contributed by atoms with Gasteiger partial charge in [0.1, 0.15) is 11.5 Å². The van der Waals surface area contributed by atoms with Crippen molar-refractivity contribution in [1.82, 2.24) is 15.0 Å². The molecule has 4 nitrogen and oxygen atoms in total. The quantitative estimate of drug-likeness (QED) is 0.592. The van der Waals surface area contributed by atoms with Crippen molar-refractivity contribution in [2.45, 2.75) is 14.5 Å². The first kappa shape index (κ1) is 18.1. The van der Waals surface area contributed by atoms with E-state index >= 15 is 0 Å². The summed E-state index contributed by atoms with van der Waals surface area (Å²) in [5.74, 6) is 1.22. The van der Waals surface area contributed by atoms with Gasteiger partial charge in [0.25, 0.3) is 0 Å². The van der Waals surface area contributed by atoms with E-state index in [-0.39, 0.29) is 17.5 Å². The Morgan fingerprint density at radius 3 is 1.82 bits per heavy atom. The lowest BCUT2D eigenvalue weighted by Crippen LogP contribution is -2.16. The Bertz CT molecular complexity index is 669. The van der Waals surface area contributed by atoms with Crippen LogP contribution in [0.5, 0.6) is 0 Å². The Kier molecular flexibility index (Phi) is 5.53. The second kappa shape index (κ2) is 6.71. The molecule has 2 rings (SSSR count). The highest BCUT2D eigenvalue weighted by Gasteiger charge is 2.33. The van der Waals surface area contributed by atoms with Crippen molar-refractivity contribution in [2.75, 3.05) is 0 Å². The molecule has 2 aromatic rings. The number of hydrogen-bond acceptors (Lipinski definition) is 4. The molecule has 0 aliphatic carbocycles. The lowest BCUT2D eigenvalue weighted by Gasteiger charge is -2.14. The van der Waals surface area contributed by atoms with E-state index in [4.69, 9.17) is 74.0 Å². The first-order valence-corrected chi connectivity index (χ1v) is 7.97. The topological polar surface area (TPSA) is 51.8 Å². The molecule has 0 radical (unpaired) electrons. The number of nitrogens with zero attached hydrogens (tertiary/aromatic N) is 3. The number of furan rings is 1. The minimum atomic E-state index is -1.88. The van der Waals surface area contributed by atoms with Gasteiger partial charge in [-0.05, 0) is 31.2 Å². The van der Waals surface area contributed by atoms with Crippen LogP contribution in [0.25, 0.3) is 12.2 Å². The number of aryl methyl sites for hydroxylation is 1. The minimum Gasteiger partial charge on any atom is -0.462 e. The third-order valence-corrected chi connectivity index (χ3v) is 3.33. The molecule has 2 heterocycles. The molecule has 10 heteroatoms. The maximum absolute atomic E-state index is 5.78. The molecule has 0 aromatic carbocycles. The van der Waals surface area contributed by atoms with E-state index in [1.165, 1.54) is 6.08 Å². The smallest absolute Gasteiger partial charge is 0.250 e. The molecule has 0 N–H and O–H groups in total. The molecule has 0 spiro atoms. The summed E-state index contributed by atoms with van der Waals surface area (Å²) in [5.41, 5.74) is 0. The first-order valence-electron chi connectivity index (χ1n) is 5.71. The fraction of sp³-hybridized carbons (Fsp3) is 0.250. The first-order chi connectivity index (χ1) is 10.1. The van der Waals surface area contributed by atoms with Gasteiger partial charge in [-0.1, -0.05) is 69.6 Å². The lowest BCUT2D eigenvalue weighted by atomic mass is 10.3. The van der Waals surface area contributed by atoms with Crippen molar-refractivity contribution in [3.05, 3.63) is 41.1 Å². The van der Waals surface area contributed by atoms with Crippen LogP contribution in [0, 0.1) is 6.92 Å². The SMILES string of the molecule is Cc1ccc(/C=C/c2nc(C(Cl)(Cl)Cl)nc(C(Cl)(Cl)Cl)n2)o1. The Labute approximate surface area is 156 Å². The number of alkyl halides is 6. The van der Waals surface area contributed by atoms with E-state index in [0.717, 1.165) is 5.76 Å². The maximum Gasteiger partial charge on any atom is 0.250 e. The van der Waals surface area contributed by atoms with Crippen molar-refractivity contribution >= 4 is 81.8 Å². The Morgan fingerprint density at radius 1 is 0.864 bits per heavy atom. The van der Waals surface area contributed by atoms with E-state index in [1.807, 2.05) is 13.0 Å². The molecule has 0 unspecified atom stereocenters. The van der Waals surface area contributed by atoms with Crippen molar-refractivity contribution in [3.8, 4) is 0 Å². The number of hydrogen-bond donors (Lipinski definition) is 0. The molecule has 2 aromatic heterocycles. The van der Waals surface area contributed by atoms with Crippen LogP contribution in [0.3, 0.4) is 0 Å². The van der Waals surface area contributed by atoms with Gasteiger partial charge in [-0.2, -0.15) is 0 Å². The predicted octanol–water partition coefficient (Wildman–Crippen LogP) is 5.60. The van der Waals surface area contributed by atoms with Crippen LogP contribution in [0.1, 0.15) is 29.0 Å². The second-order valence-electron chi connectivity index (χ2n) is 4.12. The van der Waals surface area contributed by atoms with Crippen LogP contribution in [-0.2, 0) is 7.59 Å². The third kappa shape index (κ3) is 4.88. The van der Waals surface area contributed by atoms with E-state index in [9.17, 15) is 0 Å². The minimum absolute atomic E-state index is 0.149. The van der Waals surface area contributed by atoms with Crippen molar-refractivity contribution in [3.63, 3.8) is 0 Å². The largest absolute Gasteiger partial charge is 0.462 e. The van der Waals surface area contributed by atoms with E-state index < -0.39 is 7.59 Å². The number of rotatable bonds is 2. The van der Waals surface area contributed by atoms with Gasteiger partial charge in [-0.25, -0.2) is 15.0 Å². The summed E-state index contributed by atoms with van der Waals surface area (Å²) >= 11 is 34.7. The normalized spacial score (nSPS) is 13.0. The van der Waals surface area contributed by atoms with E-state index in [0.29, 0.717) is 5.76 Å². The highest BCUT2D eigenvalue weighted by molar-refractivity contribution is 6.67. The van der Waals surface area contributed by atoms with Gasteiger partial charge in [-0.15, -0.1) is 0 Å². The Hall–Kier alpha value is -0.230. The average Bonchev–Trinajstić information content (AvgIpc) is 2.80. The number of halogens is 6. The molecular weight excluding hydrogens is 415 g/mol. The van der Waals surface area contributed by atoms with Crippen LogP contribution in [0.4, 0.5) is 0 Å². The molecule has 0 aliphatic rings.